The summed E-state index contributed by atoms with van der Waals surface area (Å²) < 4.78 is 0. The fourth-order valence-corrected chi connectivity index (χ4v) is 2.65. The third kappa shape index (κ3) is 16.3. The van der Waals surface area contributed by atoms with Crippen molar-refractivity contribution in [1.29, 1.82) is 0 Å². The van der Waals surface area contributed by atoms with E-state index in [4.69, 9.17) is 0 Å². The third-order valence-corrected chi connectivity index (χ3v) is 4.46. The molecular weight excluding hydrogens is 324 g/mol. The lowest BCUT2D eigenvalue weighted by Crippen LogP contribution is -1.89. The Morgan fingerprint density at radius 3 is 1.44 bits per heavy atom. The van der Waals surface area contributed by atoms with E-state index in [1.54, 1.807) is 0 Å². The summed E-state index contributed by atoms with van der Waals surface area (Å²) in [4.78, 5) is 0. The number of hydrogen-bond donors (Lipinski definition) is 0. The topological polar surface area (TPSA) is 0 Å². The van der Waals surface area contributed by atoms with Crippen molar-refractivity contribution in [3.05, 3.63) is 11.1 Å². The van der Waals surface area contributed by atoms with Gasteiger partial charge in [0.1, 0.15) is 0 Å². The maximum atomic E-state index is 3.44. The van der Waals surface area contributed by atoms with E-state index in [1.165, 1.54) is 76.2 Å². The smallest absolute Gasteiger partial charge is 0.0859 e. The Labute approximate surface area is 171 Å². The fourth-order valence-electron chi connectivity index (χ4n) is 2.65. The summed E-state index contributed by atoms with van der Waals surface area (Å²) >= 11 is 0. The molecule has 0 heterocycles. The molecule has 0 amide bonds. The van der Waals surface area contributed by atoms with Crippen LogP contribution in [-0.2, 0) is 0 Å². The minimum absolute atomic E-state index is 0.973. The Kier molecular flexibility index (Phi) is 19.5. The molecule has 0 aromatic carbocycles. The van der Waals surface area contributed by atoms with Gasteiger partial charge in [-0.2, -0.15) is 0 Å². The zero-order chi connectivity index (χ0) is 20.0. The predicted octanol–water partition coefficient (Wildman–Crippen LogP) is 8.22. The summed E-state index contributed by atoms with van der Waals surface area (Å²) in [5.74, 6) is 20.3. The van der Waals surface area contributed by atoms with Gasteiger partial charge < -0.3 is 0 Å². The lowest BCUT2D eigenvalue weighted by Gasteiger charge is -2.01. The summed E-state index contributed by atoms with van der Waals surface area (Å²) in [7, 11) is 0. The number of unbranched alkanes of at least 4 members (excludes halogenated alkanes) is 10. The molecule has 0 saturated heterocycles. The molecule has 0 aromatic rings. The summed E-state index contributed by atoms with van der Waals surface area (Å²) in [6.07, 6.45) is 17.4. The van der Waals surface area contributed by atoms with Gasteiger partial charge in [0.2, 0.25) is 0 Å². The highest BCUT2D eigenvalue weighted by molar-refractivity contribution is 5.53. The minimum Gasteiger partial charge on any atom is -0.0982 e. The first kappa shape index (κ1) is 25.4. The van der Waals surface area contributed by atoms with Crippen LogP contribution in [0.4, 0.5) is 0 Å². The molecule has 0 aliphatic heterocycles. The van der Waals surface area contributed by atoms with Crippen molar-refractivity contribution in [1.82, 2.24) is 0 Å². The summed E-state index contributed by atoms with van der Waals surface area (Å²) in [5, 5.41) is 0. The molecule has 150 valence electrons. The van der Waals surface area contributed by atoms with Gasteiger partial charge in [-0.25, -0.2) is 0 Å². The molecule has 0 aliphatic carbocycles. The molecule has 0 rings (SSSR count). The Balaban J connectivity index is 5.37. The van der Waals surface area contributed by atoms with E-state index < -0.39 is 0 Å². The molecule has 0 aliphatic rings. The standard InChI is InChI=1S/C27H42/c1-5-9-13-16-20-24-27(25-21-17-14-10-6-2)26(22-18-12-8-4)23-19-15-11-7-3/h5-18,22H2,1-4H3. The quantitative estimate of drug-likeness (QED) is 0.241. The van der Waals surface area contributed by atoms with Gasteiger partial charge in [0, 0.05) is 24.8 Å². The molecule has 0 atom stereocenters. The van der Waals surface area contributed by atoms with Crippen molar-refractivity contribution in [3.63, 3.8) is 0 Å². The van der Waals surface area contributed by atoms with Crippen molar-refractivity contribution >= 4 is 0 Å². The Morgan fingerprint density at radius 2 is 0.926 bits per heavy atom. The van der Waals surface area contributed by atoms with E-state index in [9.17, 15) is 0 Å². The van der Waals surface area contributed by atoms with E-state index in [0.29, 0.717) is 0 Å². The maximum Gasteiger partial charge on any atom is 0.0859 e. The Bertz CT molecular complexity index is 526. The lowest BCUT2D eigenvalue weighted by molar-refractivity contribution is 0.720. The maximum absolute atomic E-state index is 3.44. The van der Waals surface area contributed by atoms with Gasteiger partial charge in [-0.3, -0.25) is 0 Å². The van der Waals surface area contributed by atoms with Crippen LogP contribution >= 0.6 is 0 Å². The zero-order valence-corrected chi connectivity index (χ0v) is 18.6. The normalized spacial score (nSPS) is 9.33. The molecule has 0 saturated carbocycles. The van der Waals surface area contributed by atoms with Crippen molar-refractivity contribution in [2.24, 2.45) is 0 Å². The van der Waals surface area contributed by atoms with Gasteiger partial charge >= 0.3 is 0 Å². The molecule has 0 fully saturated rings. The van der Waals surface area contributed by atoms with Crippen molar-refractivity contribution in [2.45, 2.75) is 124 Å². The van der Waals surface area contributed by atoms with Crippen LogP contribution in [0, 0.1) is 35.5 Å². The van der Waals surface area contributed by atoms with Gasteiger partial charge in [0.15, 0.2) is 0 Å². The first-order chi connectivity index (χ1) is 13.3. The van der Waals surface area contributed by atoms with Gasteiger partial charge in [-0.05, 0) is 32.1 Å². The highest BCUT2D eigenvalue weighted by Gasteiger charge is 2.01. The second-order valence-corrected chi connectivity index (χ2v) is 7.23. The summed E-state index contributed by atoms with van der Waals surface area (Å²) in [5.41, 5.74) is 2.19. The van der Waals surface area contributed by atoms with Crippen LogP contribution < -0.4 is 0 Å². The zero-order valence-electron chi connectivity index (χ0n) is 18.6. The monoisotopic (exact) mass is 366 g/mol. The van der Waals surface area contributed by atoms with Crippen molar-refractivity contribution in [2.75, 3.05) is 0 Å². The molecular formula is C27H42. The van der Waals surface area contributed by atoms with Crippen LogP contribution in [0.25, 0.3) is 0 Å². The third-order valence-electron chi connectivity index (χ3n) is 4.46. The van der Waals surface area contributed by atoms with E-state index >= 15 is 0 Å². The molecule has 0 nitrogen and oxygen atoms in total. The Hall–Kier alpha value is -1.58. The molecule has 0 aromatic heterocycles. The van der Waals surface area contributed by atoms with E-state index in [-0.39, 0.29) is 0 Å². The predicted molar refractivity (Wildman–Crippen MR) is 122 cm³/mol. The minimum atomic E-state index is 0.973. The highest BCUT2D eigenvalue weighted by Crippen LogP contribution is 2.14. The SMILES string of the molecule is CCCCC#CC(CCCCC)=C(C#CCCCCC)C#CCCCCC. The molecule has 0 spiro atoms. The van der Waals surface area contributed by atoms with Gasteiger partial charge in [-0.15, -0.1) is 0 Å². The molecule has 27 heavy (non-hydrogen) atoms. The second-order valence-electron chi connectivity index (χ2n) is 7.23. The number of allylic oxidation sites excluding steroid dienone is 2. The van der Waals surface area contributed by atoms with E-state index in [1.807, 2.05) is 0 Å². The van der Waals surface area contributed by atoms with Gasteiger partial charge in [0.25, 0.3) is 0 Å². The first-order valence-corrected chi connectivity index (χ1v) is 11.5. The van der Waals surface area contributed by atoms with Crippen LogP contribution in [0.15, 0.2) is 11.1 Å². The van der Waals surface area contributed by atoms with Crippen LogP contribution in [0.1, 0.15) is 124 Å². The van der Waals surface area contributed by atoms with Crippen LogP contribution in [0.3, 0.4) is 0 Å². The number of rotatable bonds is 12. The first-order valence-electron chi connectivity index (χ1n) is 11.5. The van der Waals surface area contributed by atoms with E-state index in [2.05, 4.69) is 63.2 Å². The largest absolute Gasteiger partial charge is 0.0982 e. The van der Waals surface area contributed by atoms with Crippen LogP contribution in [0.2, 0.25) is 0 Å². The summed E-state index contributed by atoms with van der Waals surface area (Å²) in [6.45, 7) is 8.93. The summed E-state index contributed by atoms with van der Waals surface area (Å²) in [6, 6.07) is 0. The fraction of sp³-hybridized carbons (Fsp3) is 0.704. The highest BCUT2D eigenvalue weighted by atomic mass is 14.0. The van der Waals surface area contributed by atoms with Crippen molar-refractivity contribution < 1.29 is 0 Å². The molecule has 0 bridgehead atoms. The van der Waals surface area contributed by atoms with Crippen LogP contribution in [0.5, 0.6) is 0 Å². The van der Waals surface area contributed by atoms with Gasteiger partial charge in [0.05, 0.1) is 5.57 Å². The lowest BCUT2D eigenvalue weighted by atomic mass is 10.0. The molecule has 0 unspecified atom stereocenters. The average molecular weight is 367 g/mol. The second kappa shape index (κ2) is 20.7. The molecule has 0 heteroatoms. The van der Waals surface area contributed by atoms with Crippen molar-refractivity contribution in [3.8, 4) is 35.5 Å². The molecule has 0 N–H and O–H groups in total. The van der Waals surface area contributed by atoms with Gasteiger partial charge in [-0.1, -0.05) is 108 Å². The Morgan fingerprint density at radius 1 is 0.481 bits per heavy atom. The number of hydrogen-bond acceptors (Lipinski definition) is 0. The van der Waals surface area contributed by atoms with E-state index in [0.717, 1.165) is 31.3 Å². The average Bonchev–Trinajstić information content (AvgIpc) is 2.68. The van der Waals surface area contributed by atoms with Crippen LogP contribution in [-0.4, -0.2) is 0 Å². The molecule has 0 radical (unpaired) electrons.